The topological polar surface area (TPSA) is 15.3 Å². The molecule has 0 bridgehead atoms. The normalized spacial score (nSPS) is 23.6. The minimum atomic E-state index is 0.704. The molecule has 1 saturated carbocycles. The summed E-state index contributed by atoms with van der Waals surface area (Å²) in [5.74, 6) is 1.71. The molecule has 0 spiro atoms. The molecule has 2 fully saturated rings. The molecule has 1 N–H and O–H groups in total. The van der Waals surface area contributed by atoms with Gasteiger partial charge in [-0.1, -0.05) is 24.3 Å². The van der Waals surface area contributed by atoms with Crippen molar-refractivity contribution in [1.29, 1.82) is 0 Å². The fraction of sp³-hybridized carbons (Fsp3) is 0.667. The van der Waals surface area contributed by atoms with Gasteiger partial charge in [-0.3, -0.25) is 0 Å². The molecule has 1 saturated heterocycles. The highest BCUT2D eigenvalue weighted by molar-refractivity contribution is 5.27. The number of nitrogens with zero attached hydrogens (tertiary/aromatic N) is 1. The van der Waals surface area contributed by atoms with Gasteiger partial charge in [-0.2, -0.15) is 0 Å². The van der Waals surface area contributed by atoms with Crippen LogP contribution in [0.1, 0.15) is 50.2 Å². The molecule has 1 aromatic rings. The van der Waals surface area contributed by atoms with Gasteiger partial charge in [-0.25, -0.2) is 0 Å². The fourth-order valence-corrected chi connectivity index (χ4v) is 3.24. The van der Waals surface area contributed by atoms with Gasteiger partial charge in [0.05, 0.1) is 0 Å². The Morgan fingerprint density at radius 3 is 2.50 bits per heavy atom. The molecule has 1 aromatic carbocycles. The van der Waals surface area contributed by atoms with Crippen molar-refractivity contribution in [3.63, 3.8) is 0 Å². The lowest BCUT2D eigenvalue weighted by molar-refractivity contribution is 0.264. The molecule has 2 heteroatoms. The molecule has 0 radical (unpaired) electrons. The molecule has 1 unspecified atom stereocenters. The Labute approximate surface area is 123 Å². The summed E-state index contributed by atoms with van der Waals surface area (Å²) in [6, 6.07) is 9.95. The third-order valence-corrected chi connectivity index (χ3v) is 4.84. The number of likely N-dealkylation sites (tertiary alicyclic amines) is 1. The average molecular weight is 272 g/mol. The van der Waals surface area contributed by atoms with E-state index in [0.717, 1.165) is 24.9 Å². The van der Waals surface area contributed by atoms with Crippen LogP contribution in [0.3, 0.4) is 0 Å². The van der Waals surface area contributed by atoms with Crippen LogP contribution in [0.25, 0.3) is 0 Å². The van der Waals surface area contributed by atoms with Crippen molar-refractivity contribution < 1.29 is 0 Å². The van der Waals surface area contributed by atoms with E-state index < -0.39 is 0 Å². The first-order valence-corrected chi connectivity index (χ1v) is 8.26. The lowest BCUT2D eigenvalue weighted by Crippen LogP contribution is -2.30. The van der Waals surface area contributed by atoms with Crippen molar-refractivity contribution >= 4 is 0 Å². The molecule has 0 aromatic heterocycles. The van der Waals surface area contributed by atoms with Gasteiger partial charge >= 0.3 is 0 Å². The van der Waals surface area contributed by atoms with E-state index in [1.54, 1.807) is 0 Å². The minimum Gasteiger partial charge on any atom is -0.312 e. The number of hydrogen-bond donors (Lipinski definition) is 1. The van der Waals surface area contributed by atoms with Crippen LogP contribution in [0.4, 0.5) is 0 Å². The zero-order valence-electron chi connectivity index (χ0n) is 12.9. The molecular weight excluding hydrogens is 244 g/mol. The second-order valence-electron chi connectivity index (χ2n) is 6.89. The smallest absolute Gasteiger partial charge is 0.0205 e. The number of nitrogens with one attached hydrogen (secondary N) is 1. The lowest BCUT2D eigenvalue weighted by Gasteiger charge is -2.20. The Balaban J connectivity index is 1.39. The lowest BCUT2D eigenvalue weighted by atomic mass is 10.1. The monoisotopic (exact) mass is 272 g/mol. The van der Waals surface area contributed by atoms with E-state index in [4.69, 9.17) is 0 Å². The van der Waals surface area contributed by atoms with Crippen LogP contribution in [0.5, 0.6) is 0 Å². The van der Waals surface area contributed by atoms with Gasteiger partial charge in [-0.15, -0.1) is 0 Å². The first-order chi connectivity index (χ1) is 9.72. The first-order valence-electron chi connectivity index (χ1n) is 8.26. The van der Waals surface area contributed by atoms with Crippen molar-refractivity contribution in [2.75, 3.05) is 19.6 Å². The highest BCUT2D eigenvalue weighted by Crippen LogP contribution is 2.39. The van der Waals surface area contributed by atoms with Crippen molar-refractivity contribution in [2.24, 2.45) is 5.92 Å². The Kier molecular flexibility index (Phi) is 4.42. The average Bonchev–Trinajstić information content (AvgIpc) is 3.18. The maximum atomic E-state index is 3.64. The molecule has 1 aliphatic heterocycles. The SMILES string of the molecule is CC(C)N1CCC(CNCc2ccc(C3CC3)cc2)C1. The summed E-state index contributed by atoms with van der Waals surface area (Å²) in [7, 11) is 0. The zero-order valence-corrected chi connectivity index (χ0v) is 12.9. The van der Waals surface area contributed by atoms with E-state index >= 15 is 0 Å². The van der Waals surface area contributed by atoms with E-state index in [1.807, 2.05) is 0 Å². The van der Waals surface area contributed by atoms with Crippen LogP contribution in [-0.4, -0.2) is 30.6 Å². The van der Waals surface area contributed by atoms with Crippen LogP contribution in [0.15, 0.2) is 24.3 Å². The summed E-state index contributed by atoms with van der Waals surface area (Å²) in [5, 5.41) is 3.64. The molecule has 1 heterocycles. The van der Waals surface area contributed by atoms with Crippen LogP contribution in [-0.2, 0) is 6.54 Å². The summed E-state index contributed by atoms with van der Waals surface area (Å²) in [4.78, 5) is 2.59. The summed E-state index contributed by atoms with van der Waals surface area (Å²) in [5.41, 5.74) is 2.96. The van der Waals surface area contributed by atoms with Crippen molar-refractivity contribution in [2.45, 2.75) is 51.6 Å². The third kappa shape index (κ3) is 3.62. The summed E-state index contributed by atoms with van der Waals surface area (Å²) < 4.78 is 0. The maximum Gasteiger partial charge on any atom is 0.0205 e. The van der Waals surface area contributed by atoms with Gasteiger partial charge in [0.25, 0.3) is 0 Å². The second kappa shape index (κ2) is 6.28. The van der Waals surface area contributed by atoms with E-state index in [0.29, 0.717) is 6.04 Å². The quantitative estimate of drug-likeness (QED) is 0.854. The second-order valence-corrected chi connectivity index (χ2v) is 6.89. The van der Waals surface area contributed by atoms with E-state index in [2.05, 4.69) is 48.3 Å². The first kappa shape index (κ1) is 14.1. The zero-order chi connectivity index (χ0) is 13.9. The van der Waals surface area contributed by atoms with Crippen molar-refractivity contribution in [3.8, 4) is 0 Å². The molecule has 0 amide bonds. The van der Waals surface area contributed by atoms with Gasteiger partial charge in [0, 0.05) is 19.1 Å². The summed E-state index contributed by atoms with van der Waals surface area (Å²) >= 11 is 0. The Hall–Kier alpha value is -0.860. The standard InChI is InChI=1S/C18H28N2/c1-14(2)20-10-9-16(13-20)12-19-11-15-3-5-17(6-4-15)18-7-8-18/h3-6,14,16,18-19H,7-13H2,1-2H3. The van der Waals surface area contributed by atoms with E-state index in [9.17, 15) is 0 Å². The van der Waals surface area contributed by atoms with E-state index in [1.165, 1.54) is 43.5 Å². The highest BCUT2D eigenvalue weighted by Gasteiger charge is 2.24. The molecule has 2 aliphatic rings. The van der Waals surface area contributed by atoms with Crippen LogP contribution in [0, 0.1) is 5.92 Å². The summed E-state index contributed by atoms with van der Waals surface area (Å²) in [6.45, 7) is 9.33. The van der Waals surface area contributed by atoms with Crippen molar-refractivity contribution in [1.82, 2.24) is 10.2 Å². The molecule has 110 valence electrons. The molecule has 1 aliphatic carbocycles. The Morgan fingerprint density at radius 2 is 1.90 bits per heavy atom. The van der Waals surface area contributed by atoms with Crippen LogP contribution in [0.2, 0.25) is 0 Å². The van der Waals surface area contributed by atoms with Gasteiger partial charge in [-0.05, 0) is 69.2 Å². The maximum absolute atomic E-state index is 3.64. The van der Waals surface area contributed by atoms with Gasteiger partial charge < -0.3 is 10.2 Å². The number of benzene rings is 1. The minimum absolute atomic E-state index is 0.704. The van der Waals surface area contributed by atoms with Crippen LogP contribution < -0.4 is 5.32 Å². The third-order valence-electron chi connectivity index (χ3n) is 4.84. The molecule has 1 atom stereocenters. The fourth-order valence-electron chi connectivity index (χ4n) is 3.24. The molecule has 3 rings (SSSR count). The van der Waals surface area contributed by atoms with Gasteiger partial charge in [0.15, 0.2) is 0 Å². The number of hydrogen-bond acceptors (Lipinski definition) is 2. The van der Waals surface area contributed by atoms with Gasteiger partial charge in [0.2, 0.25) is 0 Å². The number of rotatable bonds is 6. The van der Waals surface area contributed by atoms with Gasteiger partial charge in [0.1, 0.15) is 0 Å². The summed E-state index contributed by atoms with van der Waals surface area (Å²) in [6.07, 6.45) is 4.14. The Morgan fingerprint density at radius 1 is 1.15 bits per heavy atom. The van der Waals surface area contributed by atoms with Crippen LogP contribution >= 0.6 is 0 Å². The molecule has 20 heavy (non-hydrogen) atoms. The predicted molar refractivity (Wildman–Crippen MR) is 84.9 cm³/mol. The van der Waals surface area contributed by atoms with Crippen molar-refractivity contribution in [3.05, 3.63) is 35.4 Å². The van der Waals surface area contributed by atoms with E-state index in [-0.39, 0.29) is 0 Å². The largest absolute Gasteiger partial charge is 0.312 e. The highest BCUT2D eigenvalue weighted by atomic mass is 15.2. The predicted octanol–water partition coefficient (Wildman–Crippen LogP) is 3.38. The molecular formula is C18H28N2. The molecule has 2 nitrogen and oxygen atoms in total. The Bertz CT molecular complexity index is 420.